The van der Waals surface area contributed by atoms with Gasteiger partial charge in [-0.2, -0.15) is 18.2 Å². The lowest BCUT2D eigenvalue weighted by atomic mass is 9.88. The summed E-state index contributed by atoms with van der Waals surface area (Å²) in [6.07, 6.45) is 7.51. The largest absolute Gasteiger partial charge is 0.432 e. The van der Waals surface area contributed by atoms with Gasteiger partial charge in [-0.05, 0) is 92.4 Å². The van der Waals surface area contributed by atoms with Crippen molar-refractivity contribution in [2.24, 2.45) is 13.0 Å². The highest BCUT2D eigenvalue weighted by Gasteiger charge is 2.31. The van der Waals surface area contributed by atoms with E-state index in [2.05, 4.69) is 54.4 Å². The first-order valence-electron chi connectivity index (χ1n) is 18.9. The molecule has 3 amide bonds. The van der Waals surface area contributed by atoms with Crippen molar-refractivity contribution in [2.75, 3.05) is 49.5 Å². The number of nitrogens with zero attached hydrogens (tertiary/aromatic N) is 7. The van der Waals surface area contributed by atoms with Crippen LogP contribution in [0, 0.1) is 5.92 Å². The second-order valence-corrected chi connectivity index (χ2v) is 16.6. The minimum Gasteiger partial charge on any atom is -0.432 e. The molecule has 2 N–H and O–H groups in total. The van der Waals surface area contributed by atoms with Gasteiger partial charge in [0.05, 0.1) is 22.8 Å². The number of aryl methyl sites for hydroxylation is 1. The summed E-state index contributed by atoms with van der Waals surface area (Å²) in [4.78, 5) is 36.6. The van der Waals surface area contributed by atoms with E-state index in [1.54, 1.807) is 10.7 Å². The molecule has 0 saturated carbocycles. The normalized spacial score (nSPS) is 18.9. The molecular formula is C38H47F2N9O5S. The minimum absolute atomic E-state index is 0.0572. The van der Waals surface area contributed by atoms with Crippen LogP contribution in [-0.4, -0.2) is 101 Å². The standard InChI is InChI=1S/C38H47F2N9O5S/c1-3-25(24-47-14-9-27(10-15-47)28-7-8-32-33(21-28)46(2)45-35(32)49-18-13-34(50)44-38(49)51)19-26-5-4-6-31(20-26)55(52,53)48-16-11-29(12-17-48)43-37-41-22-30(23-42-37)54-36(39)40/h4-8,20-23,25,27,29,36H,3,9-19,24H2,1-2H3,(H,41,42,43)(H,44,50,51). The molecule has 1 atom stereocenters. The fourth-order valence-electron chi connectivity index (χ4n) is 7.92. The predicted molar refractivity (Wildman–Crippen MR) is 203 cm³/mol. The van der Waals surface area contributed by atoms with Crippen LogP contribution < -0.4 is 20.3 Å². The highest BCUT2D eigenvalue weighted by Crippen LogP contribution is 2.34. The number of rotatable bonds is 13. The number of benzene rings is 2. The number of carbonyl (C=O) groups is 2. The Labute approximate surface area is 319 Å². The van der Waals surface area contributed by atoms with Gasteiger partial charge in [0.15, 0.2) is 11.6 Å². The third-order valence-electron chi connectivity index (χ3n) is 11.0. The maximum atomic E-state index is 13.7. The molecule has 2 aromatic heterocycles. The van der Waals surface area contributed by atoms with Crippen molar-refractivity contribution < 1.29 is 31.5 Å². The van der Waals surface area contributed by atoms with Gasteiger partial charge in [0.1, 0.15) is 0 Å². The van der Waals surface area contributed by atoms with Crippen LogP contribution in [0.25, 0.3) is 10.9 Å². The van der Waals surface area contributed by atoms with Gasteiger partial charge in [-0.1, -0.05) is 31.5 Å². The van der Waals surface area contributed by atoms with Crippen LogP contribution in [0.1, 0.15) is 62.5 Å². The van der Waals surface area contributed by atoms with Gasteiger partial charge in [-0.15, -0.1) is 0 Å². The lowest BCUT2D eigenvalue weighted by Gasteiger charge is -2.34. The summed E-state index contributed by atoms with van der Waals surface area (Å²) in [6, 6.07) is 13.2. The number of urea groups is 1. The Morgan fingerprint density at radius 2 is 1.73 bits per heavy atom. The SMILES string of the molecule is CCC(Cc1cccc(S(=O)(=O)N2CCC(Nc3ncc(OC(F)F)cn3)CC2)c1)CN1CCC(c2ccc3c(N4CCC(=O)NC4=O)nn(C)c3c2)CC1. The molecule has 3 fully saturated rings. The lowest BCUT2D eigenvalue weighted by Crippen LogP contribution is -2.49. The first-order chi connectivity index (χ1) is 26.5. The Morgan fingerprint density at radius 1 is 0.982 bits per heavy atom. The molecule has 0 spiro atoms. The number of imide groups is 1. The fourth-order valence-corrected chi connectivity index (χ4v) is 9.46. The molecule has 5 heterocycles. The molecule has 55 heavy (non-hydrogen) atoms. The zero-order valence-corrected chi connectivity index (χ0v) is 31.9. The number of fused-ring (bicyclic) bond motifs is 1. The van der Waals surface area contributed by atoms with Gasteiger partial charge in [-0.3, -0.25) is 19.7 Å². The molecule has 3 saturated heterocycles. The van der Waals surface area contributed by atoms with E-state index in [-0.39, 0.29) is 30.1 Å². The second-order valence-electron chi connectivity index (χ2n) is 14.6. The Hall–Kier alpha value is -4.74. The Kier molecular flexibility index (Phi) is 11.6. The Bertz CT molecular complexity index is 2100. The number of amides is 3. The van der Waals surface area contributed by atoms with Crippen LogP contribution in [0.4, 0.5) is 25.3 Å². The summed E-state index contributed by atoms with van der Waals surface area (Å²) in [5, 5.41) is 11.1. The number of likely N-dealkylation sites (tertiary alicyclic amines) is 1. The highest BCUT2D eigenvalue weighted by molar-refractivity contribution is 7.89. The van der Waals surface area contributed by atoms with E-state index in [1.807, 2.05) is 31.3 Å². The monoisotopic (exact) mass is 779 g/mol. The maximum absolute atomic E-state index is 13.7. The third kappa shape index (κ3) is 8.89. The van der Waals surface area contributed by atoms with Crippen molar-refractivity contribution in [1.82, 2.24) is 34.3 Å². The number of piperidine rings is 2. The van der Waals surface area contributed by atoms with Crippen LogP contribution >= 0.6 is 0 Å². The summed E-state index contributed by atoms with van der Waals surface area (Å²) in [5.41, 5.74) is 3.22. The number of ether oxygens (including phenoxy) is 1. The molecule has 7 rings (SSSR count). The number of sulfonamides is 1. The highest BCUT2D eigenvalue weighted by atomic mass is 32.2. The number of nitrogens with one attached hydrogen (secondary N) is 2. The van der Waals surface area contributed by atoms with Gasteiger partial charge < -0.3 is 15.0 Å². The fraction of sp³-hybridized carbons (Fsp3) is 0.500. The smallest absolute Gasteiger partial charge is 0.387 e. The summed E-state index contributed by atoms with van der Waals surface area (Å²) < 4.78 is 59.8. The van der Waals surface area contributed by atoms with Crippen molar-refractivity contribution >= 4 is 44.6 Å². The number of aromatic nitrogens is 4. The molecule has 0 bridgehead atoms. The molecule has 0 radical (unpaired) electrons. The summed E-state index contributed by atoms with van der Waals surface area (Å²) in [5.74, 6) is 1.22. The lowest BCUT2D eigenvalue weighted by molar-refractivity contribution is -0.120. The van der Waals surface area contributed by atoms with Crippen LogP contribution in [-0.2, 0) is 28.3 Å². The van der Waals surface area contributed by atoms with E-state index in [9.17, 15) is 26.8 Å². The van der Waals surface area contributed by atoms with Gasteiger partial charge in [-0.25, -0.2) is 23.2 Å². The predicted octanol–water partition coefficient (Wildman–Crippen LogP) is 5.12. The van der Waals surface area contributed by atoms with Crippen LogP contribution in [0.3, 0.4) is 0 Å². The molecule has 14 nitrogen and oxygen atoms in total. The molecule has 4 aromatic rings. The second kappa shape index (κ2) is 16.5. The average molecular weight is 780 g/mol. The van der Waals surface area contributed by atoms with Crippen LogP contribution in [0.15, 0.2) is 59.8 Å². The van der Waals surface area contributed by atoms with E-state index in [0.29, 0.717) is 55.0 Å². The molecule has 3 aliphatic heterocycles. The number of hydrogen-bond donors (Lipinski definition) is 2. The number of alkyl halides is 2. The van der Waals surface area contributed by atoms with Crippen molar-refractivity contribution in [3.63, 3.8) is 0 Å². The number of anilines is 2. The maximum Gasteiger partial charge on any atom is 0.387 e. The summed E-state index contributed by atoms with van der Waals surface area (Å²) >= 11 is 0. The average Bonchev–Trinajstić information content (AvgIpc) is 3.50. The first kappa shape index (κ1) is 38.5. The summed E-state index contributed by atoms with van der Waals surface area (Å²) in [7, 11) is -1.81. The van der Waals surface area contributed by atoms with E-state index < -0.39 is 22.7 Å². The molecular weight excluding hydrogens is 733 g/mol. The van der Waals surface area contributed by atoms with Gasteiger partial charge in [0, 0.05) is 51.1 Å². The molecule has 1 unspecified atom stereocenters. The van der Waals surface area contributed by atoms with Crippen molar-refractivity contribution in [2.45, 2.75) is 75.3 Å². The number of halogens is 2. The zero-order chi connectivity index (χ0) is 38.7. The zero-order valence-electron chi connectivity index (χ0n) is 31.0. The summed E-state index contributed by atoms with van der Waals surface area (Å²) in [6.45, 7) is 3.10. The Balaban J connectivity index is 0.905. The van der Waals surface area contributed by atoms with Crippen molar-refractivity contribution in [3.8, 4) is 5.75 Å². The topological polar surface area (TPSA) is 155 Å². The van der Waals surface area contributed by atoms with Crippen molar-refractivity contribution in [3.05, 3.63) is 66.0 Å². The first-order valence-corrected chi connectivity index (χ1v) is 20.3. The number of carbonyl (C=O) groups excluding carboxylic acids is 2. The third-order valence-corrected chi connectivity index (χ3v) is 12.9. The molecule has 2 aromatic carbocycles. The molecule has 17 heteroatoms. The quantitative estimate of drug-likeness (QED) is 0.187. The molecule has 3 aliphatic rings. The number of hydrogen-bond acceptors (Lipinski definition) is 10. The Morgan fingerprint density at radius 3 is 2.42 bits per heavy atom. The van der Waals surface area contributed by atoms with E-state index in [4.69, 9.17) is 0 Å². The van der Waals surface area contributed by atoms with E-state index in [1.165, 1.54) is 27.2 Å². The van der Waals surface area contributed by atoms with Gasteiger partial charge in [0.25, 0.3) is 0 Å². The van der Waals surface area contributed by atoms with E-state index in [0.717, 1.165) is 61.8 Å². The van der Waals surface area contributed by atoms with Gasteiger partial charge in [0.2, 0.25) is 21.9 Å². The van der Waals surface area contributed by atoms with Crippen LogP contribution in [0.5, 0.6) is 5.75 Å². The molecule has 0 aliphatic carbocycles. The van der Waals surface area contributed by atoms with E-state index >= 15 is 0 Å². The van der Waals surface area contributed by atoms with Crippen LogP contribution in [0.2, 0.25) is 0 Å². The molecule has 294 valence electrons. The van der Waals surface area contributed by atoms with Gasteiger partial charge >= 0.3 is 12.6 Å². The minimum atomic E-state index is -3.69. The van der Waals surface area contributed by atoms with Crippen molar-refractivity contribution in [1.29, 1.82) is 0 Å².